The van der Waals surface area contributed by atoms with Crippen molar-refractivity contribution < 1.29 is 9.72 Å². The Kier molecular flexibility index (Phi) is 4.28. The number of thiocarbonyl (C=S) groups is 1. The fourth-order valence-electron chi connectivity index (χ4n) is 2.27. The number of nitro benzene ring substituents is 1. The average molecular weight is 360 g/mol. The summed E-state index contributed by atoms with van der Waals surface area (Å²) >= 11 is 11.0. The average Bonchev–Trinajstić information content (AvgIpc) is 2.83. The molecule has 24 heavy (non-hydrogen) atoms. The zero-order valence-electron chi connectivity index (χ0n) is 12.1. The number of nitrogens with one attached hydrogen (secondary N) is 1. The fourth-order valence-corrected chi connectivity index (χ4v) is 2.76. The molecule has 0 atom stereocenters. The number of carbonyl (C=O) groups excluding carboxylic acids is 1. The van der Waals surface area contributed by atoms with Crippen LogP contribution in [0.15, 0.2) is 54.2 Å². The lowest BCUT2D eigenvalue weighted by atomic mass is 10.1. The van der Waals surface area contributed by atoms with E-state index in [2.05, 4.69) is 5.32 Å². The lowest BCUT2D eigenvalue weighted by molar-refractivity contribution is -0.384. The van der Waals surface area contributed by atoms with E-state index in [1.54, 1.807) is 30.3 Å². The number of rotatable bonds is 3. The molecule has 0 aromatic heterocycles. The van der Waals surface area contributed by atoms with Crippen molar-refractivity contribution in [1.29, 1.82) is 0 Å². The van der Waals surface area contributed by atoms with E-state index >= 15 is 0 Å². The molecule has 6 nitrogen and oxygen atoms in total. The summed E-state index contributed by atoms with van der Waals surface area (Å²) in [6, 6.07) is 13.3. The Balaban J connectivity index is 1.95. The first-order valence-electron chi connectivity index (χ1n) is 6.83. The van der Waals surface area contributed by atoms with E-state index in [9.17, 15) is 14.9 Å². The highest BCUT2D eigenvalue weighted by atomic mass is 35.5. The monoisotopic (exact) mass is 359 g/mol. The SMILES string of the molecule is O=C1/C(=C/c2ccc(Cl)c([N+](=O)[O-])c2)NC(=S)N1c1ccccc1. The van der Waals surface area contributed by atoms with Gasteiger partial charge in [0.15, 0.2) is 5.11 Å². The van der Waals surface area contributed by atoms with Crippen molar-refractivity contribution in [3.8, 4) is 0 Å². The summed E-state index contributed by atoms with van der Waals surface area (Å²) in [5.74, 6) is -0.330. The van der Waals surface area contributed by atoms with Gasteiger partial charge in [-0.2, -0.15) is 0 Å². The smallest absolute Gasteiger partial charge is 0.288 e. The van der Waals surface area contributed by atoms with Crippen LogP contribution in [0.3, 0.4) is 0 Å². The Labute approximate surface area is 147 Å². The summed E-state index contributed by atoms with van der Waals surface area (Å²) in [6.45, 7) is 0. The number of hydrogen-bond acceptors (Lipinski definition) is 4. The molecule has 1 aliphatic heterocycles. The first-order chi connectivity index (χ1) is 11.5. The normalized spacial score (nSPS) is 15.7. The number of para-hydroxylation sites is 1. The molecule has 1 fully saturated rings. The Morgan fingerprint density at radius 2 is 1.92 bits per heavy atom. The lowest BCUT2D eigenvalue weighted by Gasteiger charge is -2.13. The van der Waals surface area contributed by atoms with Crippen LogP contribution in [0.25, 0.3) is 6.08 Å². The molecule has 1 amide bonds. The molecule has 1 N–H and O–H groups in total. The van der Waals surface area contributed by atoms with Gasteiger partial charge in [0.05, 0.1) is 10.6 Å². The van der Waals surface area contributed by atoms with Gasteiger partial charge < -0.3 is 5.32 Å². The van der Waals surface area contributed by atoms with Crippen molar-refractivity contribution >= 4 is 52.3 Å². The molecular formula is C16H10ClN3O3S. The topological polar surface area (TPSA) is 75.5 Å². The number of amides is 1. The molecule has 1 aliphatic rings. The summed E-state index contributed by atoms with van der Waals surface area (Å²) in [4.78, 5) is 24.3. The minimum Gasteiger partial charge on any atom is -0.327 e. The molecule has 0 radical (unpaired) electrons. The maximum Gasteiger partial charge on any atom is 0.288 e. The quantitative estimate of drug-likeness (QED) is 0.393. The molecule has 2 aromatic rings. The zero-order chi connectivity index (χ0) is 17.3. The number of benzene rings is 2. The van der Waals surface area contributed by atoms with Crippen LogP contribution in [0.1, 0.15) is 5.56 Å². The van der Waals surface area contributed by atoms with Crippen molar-refractivity contribution in [3.05, 3.63) is 74.9 Å². The largest absolute Gasteiger partial charge is 0.327 e. The molecule has 1 heterocycles. The Morgan fingerprint density at radius 1 is 1.21 bits per heavy atom. The minimum absolute atomic E-state index is 0.0364. The van der Waals surface area contributed by atoms with Gasteiger partial charge in [-0.3, -0.25) is 19.8 Å². The number of carbonyl (C=O) groups is 1. The lowest BCUT2D eigenvalue weighted by Crippen LogP contribution is -2.30. The van der Waals surface area contributed by atoms with Gasteiger partial charge in [-0.15, -0.1) is 0 Å². The molecule has 0 bridgehead atoms. The second-order valence-electron chi connectivity index (χ2n) is 4.93. The van der Waals surface area contributed by atoms with Crippen molar-refractivity contribution in [2.24, 2.45) is 0 Å². The van der Waals surface area contributed by atoms with Crippen LogP contribution in [-0.2, 0) is 4.79 Å². The van der Waals surface area contributed by atoms with Crippen LogP contribution in [0.2, 0.25) is 5.02 Å². The number of hydrogen-bond donors (Lipinski definition) is 1. The number of halogens is 1. The molecule has 1 saturated heterocycles. The number of nitrogens with zero attached hydrogens (tertiary/aromatic N) is 2. The molecule has 2 aromatic carbocycles. The molecule has 0 saturated carbocycles. The summed E-state index contributed by atoms with van der Waals surface area (Å²) in [7, 11) is 0. The Bertz CT molecular complexity index is 883. The number of nitro groups is 1. The van der Waals surface area contributed by atoms with Gasteiger partial charge >= 0.3 is 0 Å². The summed E-state index contributed by atoms with van der Waals surface area (Å²) < 4.78 is 0. The van der Waals surface area contributed by atoms with Gasteiger partial charge in [0.2, 0.25) is 0 Å². The van der Waals surface area contributed by atoms with Crippen LogP contribution in [0, 0.1) is 10.1 Å². The van der Waals surface area contributed by atoms with E-state index in [0.717, 1.165) is 0 Å². The van der Waals surface area contributed by atoms with Gasteiger partial charge in [-0.05, 0) is 42.1 Å². The van der Waals surface area contributed by atoms with E-state index in [-0.39, 0.29) is 27.4 Å². The van der Waals surface area contributed by atoms with Crippen LogP contribution in [0.4, 0.5) is 11.4 Å². The molecule has 120 valence electrons. The molecule has 0 unspecified atom stereocenters. The molecule has 0 aliphatic carbocycles. The van der Waals surface area contributed by atoms with Crippen LogP contribution in [0.5, 0.6) is 0 Å². The third-order valence-electron chi connectivity index (χ3n) is 3.37. The maximum absolute atomic E-state index is 12.6. The highest BCUT2D eigenvalue weighted by Gasteiger charge is 2.31. The fraction of sp³-hybridized carbons (Fsp3) is 0. The van der Waals surface area contributed by atoms with Crippen LogP contribution >= 0.6 is 23.8 Å². The third kappa shape index (κ3) is 2.99. The predicted molar refractivity (Wildman–Crippen MR) is 95.7 cm³/mol. The van der Waals surface area contributed by atoms with E-state index < -0.39 is 4.92 Å². The Morgan fingerprint density at radius 3 is 2.58 bits per heavy atom. The second kappa shape index (κ2) is 6.38. The van der Waals surface area contributed by atoms with Gasteiger partial charge in [0.1, 0.15) is 10.7 Å². The maximum atomic E-state index is 12.6. The first kappa shape index (κ1) is 16.1. The van der Waals surface area contributed by atoms with E-state index in [4.69, 9.17) is 23.8 Å². The van der Waals surface area contributed by atoms with Gasteiger partial charge in [-0.1, -0.05) is 35.9 Å². The van der Waals surface area contributed by atoms with Gasteiger partial charge in [-0.25, -0.2) is 0 Å². The van der Waals surface area contributed by atoms with Crippen molar-refractivity contribution in [2.45, 2.75) is 0 Å². The first-order valence-corrected chi connectivity index (χ1v) is 7.62. The summed E-state index contributed by atoms with van der Waals surface area (Å²) in [6.07, 6.45) is 1.50. The Hall–Kier alpha value is -2.77. The molecular weight excluding hydrogens is 350 g/mol. The van der Waals surface area contributed by atoms with E-state index in [1.165, 1.54) is 23.1 Å². The highest BCUT2D eigenvalue weighted by Crippen LogP contribution is 2.27. The van der Waals surface area contributed by atoms with E-state index in [1.807, 2.05) is 6.07 Å². The van der Waals surface area contributed by atoms with E-state index in [0.29, 0.717) is 11.3 Å². The summed E-state index contributed by atoms with van der Waals surface area (Å²) in [5.41, 5.74) is 1.13. The van der Waals surface area contributed by atoms with Gasteiger partial charge in [0, 0.05) is 6.07 Å². The van der Waals surface area contributed by atoms with Crippen molar-refractivity contribution in [2.75, 3.05) is 4.90 Å². The standard InChI is InChI=1S/C16H10ClN3O3S/c17-12-7-6-10(9-14(12)20(22)23)8-13-15(21)19(16(24)18-13)11-4-2-1-3-5-11/h1-9H,(H,18,24)/b13-8-. The van der Waals surface area contributed by atoms with Crippen LogP contribution < -0.4 is 10.2 Å². The zero-order valence-corrected chi connectivity index (χ0v) is 13.7. The summed E-state index contributed by atoms with van der Waals surface area (Å²) in [5, 5.41) is 14.1. The second-order valence-corrected chi connectivity index (χ2v) is 5.73. The van der Waals surface area contributed by atoms with Crippen molar-refractivity contribution in [1.82, 2.24) is 5.32 Å². The minimum atomic E-state index is -0.574. The molecule has 8 heteroatoms. The predicted octanol–water partition coefficient (Wildman–Crippen LogP) is 3.51. The van der Waals surface area contributed by atoms with Crippen LogP contribution in [-0.4, -0.2) is 15.9 Å². The molecule has 0 spiro atoms. The third-order valence-corrected chi connectivity index (χ3v) is 3.97. The number of anilines is 1. The molecule has 3 rings (SSSR count). The highest BCUT2D eigenvalue weighted by molar-refractivity contribution is 7.80. The van der Waals surface area contributed by atoms with Crippen molar-refractivity contribution in [3.63, 3.8) is 0 Å². The van der Waals surface area contributed by atoms with Gasteiger partial charge in [0.25, 0.3) is 11.6 Å².